The predicted molar refractivity (Wildman–Crippen MR) is 25.0 cm³/mol. The van der Waals surface area contributed by atoms with Gasteiger partial charge in [0.2, 0.25) is 0 Å². The van der Waals surface area contributed by atoms with E-state index in [0.717, 1.165) is 0 Å². The Labute approximate surface area is 67.4 Å². The minimum Gasteiger partial charge on any atom is 1.00 e. The monoisotopic (exact) mass is 142 g/mol. The fourth-order valence-electron chi connectivity index (χ4n) is 0. The van der Waals surface area contributed by atoms with Gasteiger partial charge in [-0.1, -0.05) is 0 Å². The van der Waals surface area contributed by atoms with Gasteiger partial charge in [-0.2, -0.15) is 0 Å². The first kappa shape index (κ1) is 10.4. The first-order valence-electron chi connectivity index (χ1n) is 0.783. The molecular weight excluding hydrogens is 135 g/mol. The van der Waals surface area contributed by atoms with Crippen molar-refractivity contribution < 1.29 is 22.1 Å². The van der Waals surface area contributed by atoms with Crippen molar-refractivity contribution >= 4 is 45.6 Å². The number of rotatable bonds is 0. The van der Waals surface area contributed by atoms with Gasteiger partial charge in [0.05, 0.1) is 0 Å². The second-order valence-corrected chi connectivity index (χ2v) is 1.54. The van der Waals surface area contributed by atoms with Crippen LogP contribution in [0.1, 0.15) is 2.85 Å². The molecule has 0 aliphatic rings. The summed E-state index contributed by atoms with van der Waals surface area (Å²) in [7, 11) is -4.64. The van der Waals surface area contributed by atoms with Crippen LogP contribution in [0.4, 0.5) is 0 Å². The summed E-state index contributed by atoms with van der Waals surface area (Å²) in [4.78, 5) is 21.6. The third-order valence-corrected chi connectivity index (χ3v) is 0. The SMILES string of the molecule is O=P(O)(O)O.[CaH2].[H+].[H+]. The van der Waals surface area contributed by atoms with Gasteiger partial charge in [-0.15, -0.1) is 0 Å². The molecule has 0 aliphatic carbocycles. The number of hydrogen-bond acceptors (Lipinski definition) is 1. The van der Waals surface area contributed by atoms with Crippen molar-refractivity contribution in [1.29, 1.82) is 0 Å². The zero-order valence-corrected chi connectivity index (χ0v) is 3.09. The van der Waals surface area contributed by atoms with Crippen molar-refractivity contribution in [3.63, 3.8) is 0 Å². The maximum absolute atomic E-state index is 8.88. The molecule has 0 radical (unpaired) electrons. The van der Waals surface area contributed by atoms with E-state index >= 15 is 0 Å². The van der Waals surface area contributed by atoms with E-state index in [9.17, 15) is 0 Å². The second kappa shape index (κ2) is 3.38. The summed E-state index contributed by atoms with van der Waals surface area (Å²) in [5.74, 6) is 0. The van der Waals surface area contributed by atoms with Crippen LogP contribution in [-0.2, 0) is 4.57 Å². The Hall–Kier alpha value is 1.37. The molecule has 4 nitrogen and oxygen atoms in total. The minimum atomic E-state index is -4.64. The van der Waals surface area contributed by atoms with Crippen LogP contribution in [0, 0.1) is 0 Å². The largest absolute Gasteiger partial charge is 1.00 e. The molecule has 6 heavy (non-hydrogen) atoms. The molecule has 0 saturated carbocycles. The molecule has 0 bridgehead atoms. The van der Waals surface area contributed by atoms with E-state index in [1.807, 2.05) is 0 Å². The molecule has 0 amide bonds. The van der Waals surface area contributed by atoms with Gasteiger partial charge < -0.3 is 14.7 Å². The smallest absolute Gasteiger partial charge is 1.00 e. The van der Waals surface area contributed by atoms with Crippen molar-refractivity contribution in [3.8, 4) is 0 Å². The normalized spacial score (nSPS) is 9.83. The van der Waals surface area contributed by atoms with Crippen LogP contribution in [0.15, 0.2) is 0 Å². The molecule has 0 atom stereocenters. The van der Waals surface area contributed by atoms with Gasteiger partial charge in [-0.05, 0) is 0 Å². The van der Waals surface area contributed by atoms with Gasteiger partial charge in [0.25, 0.3) is 0 Å². The summed E-state index contributed by atoms with van der Waals surface area (Å²) in [5.41, 5.74) is 0. The molecule has 0 aromatic rings. The quantitative estimate of drug-likeness (QED) is 0.280. The van der Waals surface area contributed by atoms with Crippen molar-refractivity contribution in [2.45, 2.75) is 0 Å². The molecule has 3 N–H and O–H groups in total. The van der Waals surface area contributed by atoms with Crippen molar-refractivity contribution in [2.75, 3.05) is 0 Å². The van der Waals surface area contributed by atoms with E-state index in [1.54, 1.807) is 0 Å². The van der Waals surface area contributed by atoms with E-state index in [1.165, 1.54) is 0 Å². The fraction of sp³-hybridized carbons (Fsp3) is 0. The number of hydrogen-bond donors (Lipinski definition) is 3. The summed E-state index contributed by atoms with van der Waals surface area (Å²) in [6.07, 6.45) is 0. The van der Waals surface area contributed by atoms with Gasteiger partial charge in [0, 0.05) is 0 Å². The van der Waals surface area contributed by atoms with Crippen LogP contribution < -0.4 is 0 Å². The summed E-state index contributed by atoms with van der Waals surface area (Å²) in [6.45, 7) is 0. The Morgan fingerprint density at radius 1 is 1.33 bits per heavy atom. The average molecular weight is 142 g/mol. The molecule has 0 fully saturated rings. The van der Waals surface area contributed by atoms with E-state index in [4.69, 9.17) is 19.2 Å². The summed E-state index contributed by atoms with van der Waals surface area (Å²) >= 11 is 0. The van der Waals surface area contributed by atoms with Crippen LogP contribution in [0.2, 0.25) is 0 Å². The van der Waals surface area contributed by atoms with Crippen molar-refractivity contribution in [1.82, 2.24) is 0 Å². The Bertz CT molecular complexity index is 60.2. The van der Waals surface area contributed by atoms with Crippen LogP contribution >= 0.6 is 7.82 Å². The Morgan fingerprint density at radius 2 is 1.33 bits per heavy atom. The van der Waals surface area contributed by atoms with Crippen molar-refractivity contribution in [2.24, 2.45) is 0 Å². The molecule has 6 heteroatoms. The van der Waals surface area contributed by atoms with E-state index in [0.29, 0.717) is 0 Å². The maximum atomic E-state index is 8.88. The molecule has 0 saturated heterocycles. The third-order valence-electron chi connectivity index (χ3n) is 0. The summed E-state index contributed by atoms with van der Waals surface area (Å²) < 4.78 is 8.88. The fourth-order valence-corrected chi connectivity index (χ4v) is 0. The third kappa shape index (κ3) is 54.6. The molecule has 0 spiro atoms. The first-order chi connectivity index (χ1) is 2.00. The zero-order valence-electron chi connectivity index (χ0n) is 4.20. The van der Waals surface area contributed by atoms with Crippen LogP contribution in [-0.4, -0.2) is 52.4 Å². The molecule has 0 aromatic carbocycles. The molecule has 36 valence electrons. The predicted octanol–water partition coefficient (Wildman–Crippen LogP) is -1.62. The van der Waals surface area contributed by atoms with E-state index in [-0.39, 0.29) is 40.6 Å². The molecule has 0 aliphatic heterocycles. The Kier molecular flexibility index (Phi) is 5.84. The van der Waals surface area contributed by atoms with Crippen LogP contribution in [0.3, 0.4) is 0 Å². The van der Waals surface area contributed by atoms with Gasteiger partial charge in [0.1, 0.15) is 0 Å². The Balaban J connectivity index is -0.0000000267. The standard InChI is InChI=1S/Ca.H3O4P.2H/c;1-5(2,3)4;;/h;(H3,1,2,3,4);;/p+2. The van der Waals surface area contributed by atoms with E-state index < -0.39 is 7.82 Å². The van der Waals surface area contributed by atoms with Gasteiger partial charge >= 0.3 is 48.4 Å². The molecular formula is H7CaO4P+2. The molecule has 0 heterocycles. The van der Waals surface area contributed by atoms with E-state index in [2.05, 4.69) is 0 Å². The van der Waals surface area contributed by atoms with Crippen LogP contribution in [0.25, 0.3) is 0 Å². The van der Waals surface area contributed by atoms with Gasteiger partial charge in [-0.3, -0.25) is 0 Å². The maximum Gasteiger partial charge on any atom is 1.00 e. The Morgan fingerprint density at radius 3 is 1.33 bits per heavy atom. The topological polar surface area (TPSA) is 77.8 Å². The first-order valence-corrected chi connectivity index (χ1v) is 2.35. The van der Waals surface area contributed by atoms with Crippen LogP contribution in [0.5, 0.6) is 0 Å². The number of phosphoric acid groups is 1. The molecule has 0 rings (SSSR count). The minimum absolute atomic E-state index is 0. The summed E-state index contributed by atoms with van der Waals surface area (Å²) in [5, 5.41) is 0. The van der Waals surface area contributed by atoms with Crippen molar-refractivity contribution in [3.05, 3.63) is 0 Å². The molecule has 0 aromatic heterocycles. The average Bonchev–Trinajstić information content (AvgIpc) is 0.722. The molecule has 0 unspecified atom stereocenters. The zero-order chi connectivity index (χ0) is 4.50. The summed E-state index contributed by atoms with van der Waals surface area (Å²) in [6, 6.07) is 0. The van der Waals surface area contributed by atoms with Gasteiger partial charge in [-0.25, -0.2) is 4.57 Å². The second-order valence-electron chi connectivity index (χ2n) is 0.513. The van der Waals surface area contributed by atoms with Gasteiger partial charge in [0.15, 0.2) is 0 Å².